The lowest BCUT2D eigenvalue weighted by Gasteiger charge is -2.42. The number of hydrogen-bond donors (Lipinski definition) is 0. The lowest BCUT2D eigenvalue weighted by molar-refractivity contribution is 0.0448. The van der Waals surface area contributed by atoms with Crippen molar-refractivity contribution in [3.63, 3.8) is 0 Å². The number of carbonyl (C=O) groups is 2. The molecule has 3 heteroatoms. The van der Waals surface area contributed by atoms with Gasteiger partial charge in [0.2, 0.25) is 0 Å². The van der Waals surface area contributed by atoms with Crippen molar-refractivity contribution in [1.29, 1.82) is 0 Å². The molecule has 2 aromatic carbocycles. The van der Waals surface area contributed by atoms with E-state index in [1.165, 1.54) is 38.5 Å². The quantitative estimate of drug-likeness (QED) is 0.586. The molecule has 1 amide bonds. The summed E-state index contributed by atoms with van der Waals surface area (Å²) in [6, 6.07) is 17.4. The standard InChI is InChI=1S/C26H31NO2/c28-25(20-10-4-1-5-11-20)21-16-18-22(19-17-21)26(29)27(23-12-6-2-7-13-23)24-14-8-3-9-15-24/h1,4-5,10-11,16-19,23-24H,2-3,6-9,12-15H2. The highest BCUT2D eigenvalue weighted by atomic mass is 16.2. The van der Waals surface area contributed by atoms with Gasteiger partial charge in [-0.05, 0) is 37.8 Å². The van der Waals surface area contributed by atoms with Gasteiger partial charge in [-0.1, -0.05) is 81.0 Å². The van der Waals surface area contributed by atoms with E-state index in [1.807, 2.05) is 54.6 Å². The number of hydrogen-bond acceptors (Lipinski definition) is 2. The Balaban J connectivity index is 1.54. The van der Waals surface area contributed by atoms with Crippen molar-refractivity contribution in [2.75, 3.05) is 0 Å². The summed E-state index contributed by atoms with van der Waals surface area (Å²) < 4.78 is 0. The van der Waals surface area contributed by atoms with Gasteiger partial charge in [0.1, 0.15) is 0 Å². The molecule has 2 fully saturated rings. The number of amides is 1. The van der Waals surface area contributed by atoms with E-state index in [2.05, 4.69) is 4.90 Å². The molecule has 0 unspecified atom stereocenters. The lowest BCUT2D eigenvalue weighted by Crippen LogP contribution is -2.48. The average Bonchev–Trinajstić information content (AvgIpc) is 2.81. The maximum atomic E-state index is 13.5. The molecule has 2 aliphatic carbocycles. The van der Waals surface area contributed by atoms with E-state index in [0.29, 0.717) is 28.8 Å². The zero-order valence-electron chi connectivity index (χ0n) is 17.2. The maximum Gasteiger partial charge on any atom is 0.254 e. The fourth-order valence-electron chi connectivity index (χ4n) is 5.02. The molecule has 0 saturated heterocycles. The van der Waals surface area contributed by atoms with Crippen LogP contribution in [0.1, 0.15) is 90.5 Å². The Hall–Kier alpha value is -2.42. The highest BCUT2D eigenvalue weighted by Gasteiger charge is 2.33. The molecule has 0 atom stereocenters. The molecule has 2 aromatic rings. The van der Waals surface area contributed by atoms with Crippen LogP contribution in [0.25, 0.3) is 0 Å². The van der Waals surface area contributed by atoms with Gasteiger partial charge in [0.05, 0.1) is 0 Å². The Morgan fingerprint density at radius 2 is 1.03 bits per heavy atom. The molecule has 0 heterocycles. The van der Waals surface area contributed by atoms with Gasteiger partial charge in [0.15, 0.2) is 5.78 Å². The molecule has 2 saturated carbocycles. The van der Waals surface area contributed by atoms with Crippen LogP contribution in [0.4, 0.5) is 0 Å². The van der Waals surface area contributed by atoms with Crippen molar-refractivity contribution in [3.05, 3.63) is 71.3 Å². The van der Waals surface area contributed by atoms with Crippen molar-refractivity contribution in [2.24, 2.45) is 0 Å². The normalized spacial score (nSPS) is 18.3. The third-order valence-electron chi connectivity index (χ3n) is 6.60. The van der Waals surface area contributed by atoms with Crippen LogP contribution in [0.2, 0.25) is 0 Å². The molecular weight excluding hydrogens is 358 g/mol. The van der Waals surface area contributed by atoms with Gasteiger partial charge >= 0.3 is 0 Å². The van der Waals surface area contributed by atoms with Gasteiger partial charge in [-0.15, -0.1) is 0 Å². The minimum absolute atomic E-state index is 0.000941. The average molecular weight is 390 g/mol. The van der Waals surface area contributed by atoms with Crippen molar-refractivity contribution in [1.82, 2.24) is 4.90 Å². The molecule has 2 aliphatic rings. The second-order valence-electron chi connectivity index (χ2n) is 8.57. The predicted molar refractivity (Wildman–Crippen MR) is 116 cm³/mol. The van der Waals surface area contributed by atoms with Crippen LogP contribution >= 0.6 is 0 Å². The smallest absolute Gasteiger partial charge is 0.254 e. The number of ketones is 1. The van der Waals surface area contributed by atoms with Crippen molar-refractivity contribution in [3.8, 4) is 0 Å². The van der Waals surface area contributed by atoms with Crippen molar-refractivity contribution < 1.29 is 9.59 Å². The molecule has 0 N–H and O–H groups in total. The summed E-state index contributed by atoms with van der Waals surface area (Å²) in [6.45, 7) is 0. The summed E-state index contributed by atoms with van der Waals surface area (Å²) in [7, 11) is 0. The van der Waals surface area contributed by atoms with Gasteiger partial charge in [0, 0.05) is 28.8 Å². The Morgan fingerprint density at radius 1 is 0.586 bits per heavy atom. The van der Waals surface area contributed by atoms with Gasteiger partial charge in [0.25, 0.3) is 5.91 Å². The first kappa shape index (κ1) is 19.9. The van der Waals surface area contributed by atoms with Gasteiger partial charge in [-0.25, -0.2) is 0 Å². The first-order chi connectivity index (χ1) is 14.2. The summed E-state index contributed by atoms with van der Waals surface area (Å²) in [5, 5.41) is 0. The zero-order valence-corrected chi connectivity index (χ0v) is 17.2. The van der Waals surface area contributed by atoms with Crippen LogP contribution in [0, 0.1) is 0 Å². The van der Waals surface area contributed by atoms with E-state index in [-0.39, 0.29) is 11.7 Å². The fraction of sp³-hybridized carbons (Fsp3) is 0.462. The monoisotopic (exact) mass is 389 g/mol. The molecule has 0 spiro atoms. The van der Waals surface area contributed by atoms with E-state index < -0.39 is 0 Å². The Bertz CT molecular complexity index is 798. The molecule has 152 valence electrons. The second kappa shape index (κ2) is 9.39. The van der Waals surface area contributed by atoms with E-state index >= 15 is 0 Å². The summed E-state index contributed by atoms with van der Waals surface area (Å²) in [5.74, 6) is 0.156. The SMILES string of the molecule is O=C(c1ccccc1)c1ccc(C(=O)N(C2CCCCC2)C2CCCCC2)cc1. The highest BCUT2D eigenvalue weighted by Crippen LogP contribution is 2.31. The number of rotatable bonds is 5. The third-order valence-corrected chi connectivity index (χ3v) is 6.60. The van der Waals surface area contributed by atoms with Crippen LogP contribution in [-0.2, 0) is 0 Å². The topological polar surface area (TPSA) is 37.4 Å². The minimum Gasteiger partial charge on any atom is -0.333 e. The van der Waals surface area contributed by atoms with Gasteiger partial charge in [-0.2, -0.15) is 0 Å². The largest absolute Gasteiger partial charge is 0.333 e. The minimum atomic E-state index is 0.000941. The van der Waals surface area contributed by atoms with Crippen LogP contribution in [-0.4, -0.2) is 28.7 Å². The van der Waals surface area contributed by atoms with Crippen molar-refractivity contribution in [2.45, 2.75) is 76.3 Å². The van der Waals surface area contributed by atoms with Gasteiger partial charge < -0.3 is 4.90 Å². The summed E-state index contributed by atoms with van der Waals surface area (Å²) >= 11 is 0. The number of nitrogens with zero attached hydrogens (tertiary/aromatic N) is 1. The Kier molecular flexibility index (Phi) is 6.43. The molecular formula is C26H31NO2. The fourth-order valence-corrected chi connectivity index (χ4v) is 5.02. The van der Waals surface area contributed by atoms with Crippen molar-refractivity contribution >= 4 is 11.7 Å². The summed E-state index contributed by atoms with van der Waals surface area (Å²) in [5.41, 5.74) is 2.03. The molecule has 4 rings (SSSR count). The summed E-state index contributed by atoms with van der Waals surface area (Å²) in [6.07, 6.45) is 12.0. The molecule has 29 heavy (non-hydrogen) atoms. The van der Waals surface area contributed by atoms with E-state index in [9.17, 15) is 9.59 Å². The van der Waals surface area contributed by atoms with E-state index in [0.717, 1.165) is 25.7 Å². The third kappa shape index (κ3) is 4.60. The zero-order chi connectivity index (χ0) is 20.1. The molecule has 0 aromatic heterocycles. The first-order valence-electron chi connectivity index (χ1n) is 11.3. The highest BCUT2D eigenvalue weighted by molar-refractivity contribution is 6.09. The molecule has 0 bridgehead atoms. The summed E-state index contributed by atoms with van der Waals surface area (Å²) in [4.78, 5) is 28.4. The Labute approximate surface area is 174 Å². The molecule has 0 radical (unpaired) electrons. The van der Waals surface area contributed by atoms with Gasteiger partial charge in [-0.3, -0.25) is 9.59 Å². The Morgan fingerprint density at radius 3 is 1.55 bits per heavy atom. The lowest BCUT2D eigenvalue weighted by atomic mass is 9.88. The molecule has 0 aliphatic heterocycles. The van der Waals surface area contributed by atoms with E-state index in [4.69, 9.17) is 0 Å². The van der Waals surface area contributed by atoms with Crippen LogP contribution in [0.15, 0.2) is 54.6 Å². The maximum absolute atomic E-state index is 13.5. The molecule has 3 nitrogen and oxygen atoms in total. The number of benzene rings is 2. The van der Waals surface area contributed by atoms with Crippen LogP contribution < -0.4 is 0 Å². The second-order valence-corrected chi connectivity index (χ2v) is 8.57. The number of carbonyl (C=O) groups excluding carboxylic acids is 2. The van der Waals surface area contributed by atoms with E-state index in [1.54, 1.807) is 0 Å². The predicted octanol–water partition coefficient (Wildman–Crippen LogP) is 6.03. The van der Waals surface area contributed by atoms with Crippen LogP contribution in [0.3, 0.4) is 0 Å². The van der Waals surface area contributed by atoms with Crippen LogP contribution in [0.5, 0.6) is 0 Å². The first-order valence-corrected chi connectivity index (χ1v) is 11.3.